The minimum Gasteiger partial charge on any atom is -1.00 e. The third kappa shape index (κ3) is 4.89. The van der Waals surface area contributed by atoms with E-state index < -0.39 is 15.9 Å². The molecule has 0 saturated carbocycles. The number of sulfonamides is 1. The predicted molar refractivity (Wildman–Crippen MR) is 96.1 cm³/mol. The van der Waals surface area contributed by atoms with Crippen molar-refractivity contribution in [2.45, 2.75) is 17.7 Å². The normalized spacial score (nSPS) is 15.9. The minimum absolute atomic E-state index is 0. The van der Waals surface area contributed by atoms with E-state index in [0.717, 1.165) is 28.2 Å². The highest BCUT2D eigenvalue weighted by Gasteiger charge is 2.37. The van der Waals surface area contributed by atoms with Crippen LogP contribution in [0.2, 0.25) is 0 Å². The lowest BCUT2D eigenvalue weighted by atomic mass is 10.1. The van der Waals surface area contributed by atoms with Crippen molar-refractivity contribution in [1.82, 2.24) is 9.62 Å². The Labute approximate surface area is 172 Å². The van der Waals surface area contributed by atoms with Gasteiger partial charge in [-0.3, -0.25) is 9.10 Å². The number of carbonyl (C=O) groups excluding carboxylic acids is 1. The van der Waals surface area contributed by atoms with Crippen molar-refractivity contribution < 1.29 is 46.8 Å². The lowest BCUT2D eigenvalue weighted by Gasteiger charge is -2.28. The molecule has 2 N–H and O–H groups in total. The molecule has 1 aliphatic rings. The van der Waals surface area contributed by atoms with E-state index in [1.54, 1.807) is 12.1 Å². The molecule has 0 radical (unpaired) electrons. The summed E-state index contributed by atoms with van der Waals surface area (Å²) >= 11 is 0. The fraction of sp³-hybridized carbons (Fsp3) is 0.471. The van der Waals surface area contributed by atoms with Crippen molar-refractivity contribution in [2.24, 2.45) is 0 Å². The maximum Gasteiger partial charge on any atom is 0.272 e. The lowest BCUT2D eigenvalue weighted by molar-refractivity contribution is -0.870. The first kappa shape index (κ1) is 22.7. The molecule has 1 amide bonds. The molecule has 7 nitrogen and oxygen atoms in total. The van der Waals surface area contributed by atoms with Crippen molar-refractivity contribution in [3.05, 3.63) is 35.5 Å². The first-order valence-electron chi connectivity index (χ1n) is 8.16. The number of rotatable bonds is 6. The number of nitrogens with one attached hydrogen (secondary N) is 1. The molecule has 1 heterocycles. The van der Waals surface area contributed by atoms with Gasteiger partial charge in [0.2, 0.25) is 0 Å². The second-order valence-electron chi connectivity index (χ2n) is 7.14. The van der Waals surface area contributed by atoms with Gasteiger partial charge in [0.15, 0.2) is 11.5 Å². The molecule has 0 unspecified atom stereocenters. The Kier molecular flexibility index (Phi) is 7.49. The van der Waals surface area contributed by atoms with E-state index in [4.69, 9.17) is 0 Å². The number of likely N-dealkylation sites (N-methyl/N-ethyl adjacent to an activating group) is 1. The van der Waals surface area contributed by atoms with Crippen LogP contribution >= 0.6 is 0 Å². The Morgan fingerprint density at radius 1 is 1.19 bits per heavy atom. The molecule has 0 aliphatic carbocycles. The van der Waals surface area contributed by atoms with Gasteiger partial charge >= 0.3 is 0 Å². The molecule has 0 aromatic heterocycles. The number of halogens is 1. The standard InChI is InChI=1S/C17H25N3O4S.HI/c1-19-15(17(22)18-11-7-8-12-20(2,3)4)16(21)13-9-5-6-10-14(13)25(19,23)24;/h5-6,9-10H,7-8,11-12H2,1-4H3,(H-,18,21,22);1H. The third-order valence-corrected chi connectivity index (χ3v) is 5.89. The monoisotopic (exact) mass is 495 g/mol. The van der Waals surface area contributed by atoms with Crippen LogP contribution in [-0.4, -0.2) is 69.5 Å². The van der Waals surface area contributed by atoms with E-state index in [1.807, 2.05) is 0 Å². The number of quaternary nitrogens is 1. The van der Waals surface area contributed by atoms with Gasteiger partial charge in [-0.1, -0.05) is 12.1 Å². The highest BCUT2D eigenvalue weighted by Crippen LogP contribution is 2.34. The molecule has 0 atom stereocenters. The van der Waals surface area contributed by atoms with Crippen LogP contribution < -0.4 is 29.3 Å². The summed E-state index contributed by atoms with van der Waals surface area (Å²) in [6.45, 7) is 1.40. The number of amides is 1. The summed E-state index contributed by atoms with van der Waals surface area (Å²) in [5.74, 6) is -0.917. The number of nitrogens with zero attached hydrogens (tertiary/aromatic N) is 2. The van der Waals surface area contributed by atoms with E-state index in [2.05, 4.69) is 26.5 Å². The number of aliphatic hydroxyl groups excluding tert-OH is 1. The van der Waals surface area contributed by atoms with Gasteiger partial charge in [0, 0.05) is 19.2 Å². The Hall–Kier alpha value is -1.33. The van der Waals surface area contributed by atoms with Crippen LogP contribution in [0.5, 0.6) is 0 Å². The van der Waals surface area contributed by atoms with Crippen LogP contribution in [0.1, 0.15) is 18.4 Å². The average Bonchev–Trinajstić information content (AvgIpc) is 2.52. The summed E-state index contributed by atoms with van der Waals surface area (Å²) in [5, 5.41) is 13.1. The quantitative estimate of drug-likeness (QED) is 0.276. The second-order valence-corrected chi connectivity index (χ2v) is 9.08. The topological polar surface area (TPSA) is 86.7 Å². The van der Waals surface area contributed by atoms with Crippen molar-refractivity contribution in [1.29, 1.82) is 0 Å². The Balaban J connectivity index is 0.00000338. The zero-order chi connectivity index (χ0) is 18.8. The van der Waals surface area contributed by atoms with Crippen molar-refractivity contribution in [3.63, 3.8) is 0 Å². The smallest absolute Gasteiger partial charge is 0.272 e. The van der Waals surface area contributed by atoms with E-state index >= 15 is 0 Å². The number of hydrogen-bond acceptors (Lipinski definition) is 4. The van der Waals surface area contributed by atoms with E-state index in [9.17, 15) is 18.3 Å². The van der Waals surface area contributed by atoms with Gasteiger partial charge in [0.05, 0.1) is 32.6 Å². The van der Waals surface area contributed by atoms with Gasteiger partial charge in [0.1, 0.15) is 0 Å². The Morgan fingerprint density at radius 2 is 1.81 bits per heavy atom. The number of aliphatic hydroxyl groups is 1. The summed E-state index contributed by atoms with van der Waals surface area (Å²) in [6.07, 6.45) is 1.72. The van der Waals surface area contributed by atoms with Gasteiger partial charge in [-0.2, -0.15) is 0 Å². The number of benzene rings is 1. The highest BCUT2D eigenvalue weighted by atomic mass is 127. The van der Waals surface area contributed by atoms with Crippen LogP contribution in [0.15, 0.2) is 34.9 Å². The van der Waals surface area contributed by atoms with E-state index in [1.165, 1.54) is 19.2 Å². The molecule has 0 bridgehead atoms. The molecule has 0 saturated heterocycles. The van der Waals surface area contributed by atoms with Crippen molar-refractivity contribution >= 4 is 21.7 Å². The number of unbranched alkanes of at least 4 members (excludes halogenated alkanes) is 1. The van der Waals surface area contributed by atoms with Gasteiger partial charge in [-0.05, 0) is 25.0 Å². The summed E-state index contributed by atoms with van der Waals surface area (Å²) in [7, 11) is 3.71. The SMILES string of the molecule is CN1C(C(=O)NCCCC[N+](C)(C)C)=C(O)c2ccccc2S1(=O)=O.[I-]. The zero-order valence-electron chi connectivity index (χ0n) is 15.5. The van der Waals surface area contributed by atoms with E-state index in [-0.39, 0.29) is 45.9 Å². The molecule has 2 rings (SSSR count). The highest BCUT2D eigenvalue weighted by molar-refractivity contribution is 7.89. The van der Waals surface area contributed by atoms with Crippen LogP contribution in [0.4, 0.5) is 0 Å². The summed E-state index contributed by atoms with van der Waals surface area (Å²) in [4.78, 5) is 12.4. The molecule has 26 heavy (non-hydrogen) atoms. The van der Waals surface area contributed by atoms with Crippen molar-refractivity contribution in [2.75, 3.05) is 41.3 Å². The Bertz CT molecular complexity index is 800. The fourth-order valence-electron chi connectivity index (χ4n) is 2.68. The summed E-state index contributed by atoms with van der Waals surface area (Å²) < 4.78 is 26.8. The predicted octanol–water partition coefficient (Wildman–Crippen LogP) is -1.85. The fourth-order valence-corrected chi connectivity index (χ4v) is 4.08. The molecule has 0 fully saturated rings. The molecule has 9 heteroatoms. The van der Waals surface area contributed by atoms with Gasteiger partial charge in [0.25, 0.3) is 15.9 Å². The average molecular weight is 495 g/mol. The van der Waals surface area contributed by atoms with Gasteiger partial charge < -0.3 is 38.9 Å². The minimum atomic E-state index is -3.85. The molecule has 1 aromatic rings. The first-order valence-corrected chi connectivity index (χ1v) is 9.60. The van der Waals surface area contributed by atoms with Gasteiger partial charge in [-0.15, -0.1) is 0 Å². The van der Waals surface area contributed by atoms with Crippen molar-refractivity contribution in [3.8, 4) is 0 Å². The molecular formula is C17H26IN3O4S. The van der Waals surface area contributed by atoms with Crippen LogP contribution in [0.3, 0.4) is 0 Å². The molecule has 0 spiro atoms. The number of hydrogen-bond donors (Lipinski definition) is 2. The number of fused-ring (bicyclic) bond motifs is 1. The first-order chi connectivity index (χ1) is 11.6. The maximum absolute atomic E-state index is 12.5. The summed E-state index contributed by atoms with van der Waals surface area (Å²) in [5.41, 5.74) is -0.0962. The largest absolute Gasteiger partial charge is 1.00 e. The third-order valence-electron chi connectivity index (χ3n) is 4.08. The second kappa shape index (κ2) is 8.57. The molecule has 146 valence electrons. The molecule has 1 aromatic carbocycles. The number of carbonyl (C=O) groups is 1. The van der Waals surface area contributed by atoms with Crippen LogP contribution in [0.25, 0.3) is 5.76 Å². The van der Waals surface area contributed by atoms with Crippen LogP contribution in [0, 0.1) is 0 Å². The van der Waals surface area contributed by atoms with Gasteiger partial charge in [-0.25, -0.2) is 8.42 Å². The zero-order valence-corrected chi connectivity index (χ0v) is 18.5. The summed E-state index contributed by atoms with van der Waals surface area (Å²) in [6, 6.07) is 6.10. The van der Waals surface area contributed by atoms with Crippen LogP contribution in [-0.2, 0) is 14.8 Å². The maximum atomic E-state index is 12.5. The van der Waals surface area contributed by atoms with E-state index in [0.29, 0.717) is 6.54 Å². The Morgan fingerprint density at radius 3 is 2.42 bits per heavy atom. The molecular weight excluding hydrogens is 469 g/mol. The lowest BCUT2D eigenvalue weighted by Crippen LogP contribution is -3.00. The molecule has 1 aliphatic heterocycles.